The van der Waals surface area contributed by atoms with Gasteiger partial charge in [-0.25, -0.2) is 0 Å². The monoisotopic (exact) mass is 255 g/mol. The molecular formula is C13H25N3O2. The molecule has 2 amide bonds. The lowest BCUT2D eigenvalue weighted by Gasteiger charge is -2.35. The number of carbonyl (C=O) groups is 2. The number of nitrogens with zero attached hydrogens (tertiary/aromatic N) is 3. The van der Waals surface area contributed by atoms with Gasteiger partial charge in [-0.3, -0.25) is 9.59 Å². The second-order valence-corrected chi connectivity index (χ2v) is 4.76. The second kappa shape index (κ2) is 7.36. The summed E-state index contributed by atoms with van der Waals surface area (Å²) in [5, 5.41) is 0. The van der Waals surface area contributed by atoms with Gasteiger partial charge >= 0.3 is 0 Å². The normalized spacial score (nSPS) is 16.7. The Morgan fingerprint density at radius 1 is 1.11 bits per heavy atom. The molecule has 0 atom stereocenters. The summed E-state index contributed by atoms with van der Waals surface area (Å²) in [7, 11) is 0. The van der Waals surface area contributed by atoms with E-state index >= 15 is 0 Å². The average molecular weight is 255 g/mol. The van der Waals surface area contributed by atoms with Crippen molar-refractivity contribution < 1.29 is 9.59 Å². The summed E-state index contributed by atoms with van der Waals surface area (Å²) in [6, 6.07) is 0. The number of carbonyl (C=O) groups excluding carboxylic acids is 2. The summed E-state index contributed by atoms with van der Waals surface area (Å²) in [6.45, 7) is 11.1. The van der Waals surface area contributed by atoms with E-state index in [-0.39, 0.29) is 18.4 Å². The van der Waals surface area contributed by atoms with Crippen LogP contribution in [0.15, 0.2) is 0 Å². The van der Waals surface area contributed by atoms with Crippen LogP contribution < -0.4 is 0 Å². The van der Waals surface area contributed by atoms with E-state index in [9.17, 15) is 9.59 Å². The minimum Gasteiger partial charge on any atom is -0.339 e. The Labute approximate surface area is 110 Å². The fourth-order valence-corrected chi connectivity index (χ4v) is 2.19. The highest BCUT2D eigenvalue weighted by molar-refractivity contribution is 5.83. The maximum atomic E-state index is 12.1. The zero-order valence-corrected chi connectivity index (χ0v) is 11.8. The lowest BCUT2D eigenvalue weighted by Crippen LogP contribution is -2.51. The summed E-state index contributed by atoms with van der Waals surface area (Å²) in [5.41, 5.74) is 0. The number of likely N-dealkylation sites (N-methyl/N-ethyl adjacent to an activating group) is 1. The first kappa shape index (κ1) is 15.0. The van der Waals surface area contributed by atoms with Crippen molar-refractivity contribution in [3.8, 4) is 0 Å². The summed E-state index contributed by atoms with van der Waals surface area (Å²) in [4.78, 5) is 29.3. The van der Waals surface area contributed by atoms with Gasteiger partial charge in [0.25, 0.3) is 0 Å². The van der Waals surface area contributed by atoms with Crippen LogP contribution in [0, 0.1) is 0 Å². The van der Waals surface area contributed by atoms with E-state index in [1.807, 2.05) is 11.8 Å². The van der Waals surface area contributed by atoms with E-state index in [2.05, 4.69) is 11.8 Å². The van der Waals surface area contributed by atoms with E-state index in [1.54, 1.807) is 4.90 Å². The lowest BCUT2D eigenvalue weighted by molar-refractivity contribution is -0.140. The van der Waals surface area contributed by atoms with Crippen LogP contribution >= 0.6 is 0 Å². The predicted octanol–water partition coefficient (Wildman–Crippen LogP) is 0.409. The van der Waals surface area contributed by atoms with Crippen molar-refractivity contribution in [3.05, 3.63) is 0 Å². The minimum atomic E-state index is -0.0163. The van der Waals surface area contributed by atoms with E-state index < -0.39 is 0 Å². The molecule has 18 heavy (non-hydrogen) atoms. The van der Waals surface area contributed by atoms with Gasteiger partial charge in [0.15, 0.2) is 0 Å². The van der Waals surface area contributed by atoms with Gasteiger partial charge in [0.05, 0.1) is 6.54 Å². The van der Waals surface area contributed by atoms with Crippen LogP contribution in [0.4, 0.5) is 0 Å². The molecule has 0 aromatic rings. The van der Waals surface area contributed by atoms with Crippen LogP contribution in [0.25, 0.3) is 0 Å². The van der Waals surface area contributed by atoms with Gasteiger partial charge in [0, 0.05) is 39.6 Å². The third kappa shape index (κ3) is 4.29. The number of piperazine rings is 1. The number of rotatable bonds is 5. The Hall–Kier alpha value is -1.10. The zero-order valence-electron chi connectivity index (χ0n) is 11.8. The van der Waals surface area contributed by atoms with E-state index in [4.69, 9.17) is 0 Å². The van der Waals surface area contributed by atoms with Gasteiger partial charge in [-0.15, -0.1) is 0 Å². The molecule has 5 nitrogen and oxygen atoms in total. The van der Waals surface area contributed by atoms with Gasteiger partial charge in [-0.1, -0.05) is 13.8 Å². The zero-order chi connectivity index (χ0) is 13.5. The van der Waals surface area contributed by atoms with Crippen LogP contribution in [0.1, 0.15) is 27.2 Å². The standard InChI is InChI=1S/C13H25N3O2/c1-4-6-16(12(3)17)11-13(18)15-9-7-14(5-2)8-10-15/h4-11H2,1-3H3. The molecule has 1 fully saturated rings. The molecule has 1 heterocycles. The number of hydrogen-bond acceptors (Lipinski definition) is 3. The lowest BCUT2D eigenvalue weighted by atomic mass is 10.3. The van der Waals surface area contributed by atoms with Gasteiger partial charge in [-0.05, 0) is 13.0 Å². The molecule has 0 saturated carbocycles. The Morgan fingerprint density at radius 2 is 1.72 bits per heavy atom. The fraction of sp³-hybridized carbons (Fsp3) is 0.846. The summed E-state index contributed by atoms with van der Waals surface area (Å²) >= 11 is 0. The van der Waals surface area contributed by atoms with Crippen molar-refractivity contribution >= 4 is 11.8 Å². The van der Waals surface area contributed by atoms with Crippen LogP contribution in [0.3, 0.4) is 0 Å². The van der Waals surface area contributed by atoms with Crippen LogP contribution in [-0.2, 0) is 9.59 Å². The first-order valence-corrected chi connectivity index (χ1v) is 6.84. The molecule has 1 rings (SSSR count). The van der Waals surface area contributed by atoms with Crippen molar-refractivity contribution in [2.75, 3.05) is 45.8 Å². The molecule has 1 aliphatic heterocycles. The topological polar surface area (TPSA) is 43.9 Å². The molecule has 104 valence electrons. The van der Waals surface area contributed by atoms with Crippen LogP contribution in [0.5, 0.6) is 0 Å². The Bertz CT molecular complexity index is 286. The van der Waals surface area contributed by atoms with Crippen molar-refractivity contribution in [1.82, 2.24) is 14.7 Å². The van der Waals surface area contributed by atoms with Gasteiger partial charge in [-0.2, -0.15) is 0 Å². The first-order valence-electron chi connectivity index (χ1n) is 6.84. The number of hydrogen-bond donors (Lipinski definition) is 0. The molecule has 1 aliphatic rings. The Morgan fingerprint density at radius 3 is 2.17 bits per heavy atom. The second-order valence-electron chi connectivity index (χ2n) is 4.76. The fourth-order valence-electron chi connectivity index (χ4n) is 2.19. The molecule has 0 N–H and O–H groups in total. The molecule has 0 spiro atoms. The molecule has 0 unspecified atom stereocenters. The largest absolute Gasteiger partial charge is 0.339 e. The molecule has 1 saturated heterocycles. The van der Waals surface area contributed by atoms with E-state index in [0.717, 1.165) is 39.1 Å². The van der Waals surface area contributed by atoms with Crippen LogP contribution in [-0.4, -0.2) is 72.3 Å². The molecule has 0 aromatic carbocycles. The van der Waals surface area contributed by atoms with Crippen molar-refractivity contribution in [3.63, 3.8) is 0 Å². The summed E-state index contributed by atoms with van der Waals surface area (Å²) in [5.74, 6) is 0.0618. The molecular weight excluding hydrogens is 230 g/mol. The van der Waals surface area contributed by atoms with Crippen LogP contribution in [0.2, 0.25) is 0 Å². The molecule has 0 aromatic heterocycles. The molecule has 0 bridgehead atoms. The van der Waals surface area contributed by atoms with Crippen molar-refractivity contribution in [2.45, 2.75) is 27.2 Å². The highest BCUT2D eigenvalue weighted by Gasteiger charge is 2.22. The average Bonchev–Trinajstić information content (AvgIpc) is 2.38. The molecule has 0 radical (unpaired) electrons. The Balaban J connectivity index is 2.42. The quantitative estimate of drug-likeness (QED) is 0.714. The molecule has 5 heteroatoms. The smallest absolute Gasteiger partial charge is 0.242 e. The van der Waals surface area contributed by atoms with E-state index in [0.29, 0.717) is 6.54 Å². The van der Waals surface area contributed by atoms with Gasteiger partial charge < -0.3 is 14.7 Å². The maximum absolute atomic E-state index is 12.1. The predicted molar refractivity (Wildman–Crippen MR) is 71.2 cm³/mol. The van der Waals surface area contributed by atoms with Crippen molar-refractivity contribution in [2.24, 2.45) is 0 Å². The highest BCUT2D eigenvalue weighted by atomic mass is 16.2. The minimum absolute atomic E-state index is 0.0163. The summed E-state index contributed by atoms with van der Waals surface area (Å²) < 4.78 is 0. The summed E-state index contributed by atoms with van der Waals surface area (Å²) in [6.07, 6.45) is 0.885. The Kier molecular flexibility index (Phi) is 6.12. The third-order valence-corrected chi connectivity index (χ3v) is 3.44. The molecule has 0 aliphatic carbocycles. The highest BCUT2D eigenvalue weighted by Crippen LogP contribution is 2.03. The van der Waals surface area contributed by atoms with E-state index in [1.165, 1.54) is 6.92 Å². The van der Waals surface area contributed by atoms with Gasteiger partial charge in [0.2, 0.25) is 11.8 Å². The number of amides is 2. The maximum Gasteiger partial charge on any atom is 0.242 e. The first-order chi connectivity index (χ1) is 8.58. The SMILES string of the molecule is CCCN(CC(=O)N1CCN(CC)CC1)C(C)=O. The third-order valence-electron chi connectivity index (χ3n) is 3.44. The van der Waals surface area contributed by atoms with Gasteiger partial charge in [0.1, 0.15) is 0 Å². The van der Waals surface area contributed by atoms with Crippen molar-refractivity contribution in [1.29, 1.82) is 0 Å².